The van der Waals surface area contributed by atoms with Crippen LogP contribution in [0.15, 0.2) is 12.7 Å². The van der Waals surface area contributed by atoms with Crippen LogP contribution >= 0.6 is 0 Å². The quantitative estimate of drug-likeness (QED) is 0.102. The molecule has 0 aliphatic carbocycles. The molecule has 0 aromatic heterocycles. The first-order chi connectivity index (χ1) is 13.9. The van der Waals surface area contributed by atoms with Crippen LogP contribution in [0.3, 0.4) is 0 Å². The third-order valence-electron chi connectivity index (χ3n) is 3.56. The summed E-state index contributed by atoms with van der Waals surface area (Å²) < 4.78 is 131. The highest BCUT2D eigenvalue weighted by Gasteiger charge is 2.66. The Labute approximate surface area is 172 Å². The maximum absolute atomic E-state index is 13.5. The number of hydrogen-bond acceptors (Lipinski definition) is 6. The lowest BCUT2D eigenvalue weighted by molar-refractivity contribution is -0.346. The van der Waals surface area contributed by atoms with Crippen LogP contribution in [0.1, 0.15) is 32.6 Å². The summed E-state index contributed by atoms with van der Waals surface area (Å²) in [5.41, 5.74) is 0. The van der Waals surface area contributed by atoms with E-state index in [1.165, 1.54) is 6.92 Å². The van der Waals surface area contributed by atoms with E-state index < -0.39 is 71.0 Å². The van der Waals surface area contributed by atoms with E-state index in [-0.39, 0.29) is 13.0 Å². The molecule has 0 aromatic carbocycles. The Morgan fingerprint density at radius 1 is 1.10 bits per heavy atom. The fourth-order valence-corrected chi connectivity index (χ4v) is 2.43. The van der Waals surface area contributed by atoms with Gasteiger partial charge in [0.25, 0.3) is 0 Å². The third kappa shape index (κ3) is 7.03. The average molecular weight is 491 g/mol. The Kier molecular flexibility index (Phi) is 9.92. The van der Waals surface area contributed by atoms with Crippen molar-refractivity contribution in [3.63, 3.8) is 0 Å². The summed E-state index contributed by atoms with van der Waals surface area (Å²) in [6.07, 6.45) is -8.84. The van der Waals surface area contributed by atoms with Crippen molar-refractivity contribution < 1.29 is 62.8 Å². The Bertz CT molecular complexity index is 755. The molecular formula is C15H20F7NO7S. The van der Waals surface area contributed by atoms with Crippen LogP contribution in [0, 0.1) is 0 Å². The topological polar surface area (TPSA) is 119 Å². The lowest BCUT2D eigenvalue weighted by Crippen LogP contribution is -2.61. The van der Waals surface area contributed by atoms with Crippen LogP contribution in [0.4, 0.5) is 30.7 Å². The van der Waals surface area contributed by atoms with Gasteiger partial charge in [-0.2, -0.15) is 39.2 Å². The molecule has 0 saturated heterocycles. The SMILES string of the molecule is C=CC(=O)OC(OCCCCC(F)(F)C(F)(F)S(=O)(=O)O)(C(=O)NCCC)C(F)(F)F. The standard InChI is InChI=1S/C15H20F7NO7S/c1-3-8-23-11(25)13(14(18,19)20,30-10(24)4-2)29-9-6-5-7-12(16,17)15(21,22)31(26,27)28/h4H,2-3,5-9H2,1H3,(H,23,25)(H,26,27,28). The summed E-state index contributed by atoms with van der Waals surface area (Å²) in [7, 11) is -6.47. The Balaban J connectivity index is 5.39. The van der Waals surface area contributed by atoms with Gasteiger partial charge in [0.2, 0.25) is 0 Å². The summed E-state index contributed by atoms with van der Waals surface area (Å²) in [6.45, 7) is 2.91. The molecule has 0 fully saturated rings. The van der Waals surface area contributed by atoms with Crippen LogP contribution in [0.2, 0.25) is 0 Å². The molecule has 0 aliphatic rings. The Hall–Kier alpha value is -1.94. The van der Waals surface area contributed by atoms with Gasteiger partial charge in [0.05, 0.1) is 6.61 Å². The number of alkyl halides is 7. The van der Waals surface area contributed by atoms with Crippen LogP contribution in [0.25, 0.3) is 0 Å². The number of carbonyl (C=O) groups is 2. The minimum absolute atomic E-state index is 0.187. The zero-order valence-corrected chi connectivity index (χ0v) is 16.8. The number of esters is 1. The van der Waals surface area contributed by atoms with Crippen molar-refractivity contribution in [2.45, 2.75) is 55.7 Å². The van der Waals surface area contributed by atoms with Gasteiger partial charge in [-0.15, -0.1) is 0 Å². The van der Waals surface area contributed by atoms with Gasteiger partial charge in [0.1, 0.15) is 0 Å². The van der Waals surface area contributed by atoms with Gasteiger partial charge in [0.15, 0.2) is 0 Å². The van der Waals surface area contributed by atoms with Gasteiger partial charge in [-0.25, -0.2) is 4.79 Å². The molecule has 0 spiro atoms. The predicted molar refractivity (Wildman–Crippen MR) is 89.6 cm³/mol. The number of halogens is 7. The highest BCUT2D eigenvalue weighted by atomic mass is 32.2. The monoisotopic (exact) mass is 491 g/mol. The molecule has 0 aliphatic heterocycles. The molecule has 0 saturated carbocycles. The third-order valence-corrected chi connectivity index (χ3v) is 4.51. The van der Waals surface area contributed by atoms with Crippen molar-refractivity contribution in [1.29, 1.82) is 0 Å². The van der Waals surface area contributed by atoms with Gasteiger partial charge >= 0.3 is 45.1 Å². The van der Waals surface area contributed by atoms with E-state index in [4.69, 9.17) is 4.55 Å². The van der Waals surface area contributed by atoms with Crippen molar-refractivity contribution in [1.82, 2.24) is 5.32 Å². The zero-order valence-electron chi connectivity index (χ0n) is 16.0. The highest BCUT2D eigenvalue weighted by Crippen LogP contribution is 2.42. The highest BCUT2D eigenvalue weighted by molar-refractivity contribution is 7.87. The fraction of sp³-hybridized carbons (Fsp3) is 0.733. The van der Waals surface area contributed by atoms with Crippen LogP contribution < -0.4 is 5.32 Å². The van der Waals surface area contributed by atoms with Gasteiger partial charge in [0, 0.05) is 19.0 Å². The van der Waals surface area contributed by atoms with E-state index in [1.807, 2.05) is 0 Å². The van der Waals surface area contributed by atoms with Crippen molar-refractivity contribution in [3.05, 3.63) is 12.7 Å². The van der Waals surface area contributed by atoms with Crippen LogP contribution in [-0.2, 0) is 29.2 Å². The van der Waals surface area contributed by atoms with E-state index in [0.29, 0.717) is 6.08 Å². The summed E-state index contributed by atoms with van der Waals surface area (Å²) in [6, 6.07) is 0. The molecule has 0 rings (SSSR count). The number of carbonyl (C=O) groups excluding carboxylic acids is 2. The second-order valence-electron chi connectivity index (χ2n) is 6.00. The maximum Gasteiger partial charge on any atom is 0.466 e. The number of nitrogens with one attached hydrogen (secondary N) is 1. The maximum atomic E-state index is 13.5. The lowest BCUT2D eigenvalue weighted by Gasteiger charge is -2.32. The first-order valence-corrected chi connectivity index (χ1v) is 9.90. The summed E-state index contributed by atoms with van der Waals surface area (Å²) in [4.78, 5) is 23.3. The number of hydrogen-bond donors (Lipinski definition) is 2. The molecule has 31 heavy (non-hydrogen) atoms. The fourth-order valence-electron chi connectivity index (χ4n) is 1.95. The number of rotatable bonds is 13. The van der Waals surface area contributed by atoms with E-state index in [9.17, 15) is 48.7 Å². The number of unbranched alkanes of at least 4 members (excludes halogenated alkanes) is 1. The molecule has 0 heterocycles. The minimum atomic E-state index is -6.47. The molecule has 1 atom stereocenters. The molecule has 0 aromatic rings. The molecule has 8 nitrogen and oxygen atoms in total. The number of ether oxygens (including phenoxy) is 2. The summed E-state index contributed by atoms with van der Waals surface area (Å²) in [5.74, 6) is -13.1. The number of amides is 1. The van der Waals surface area contributed by atoms with Crippen molar-refractivity contribution in [3.8, 4) is 0 Å². The second-order valence-corrected chi connectivity index (χ2v) is 7.46. The molecule has 0 bridgehead atoms. The molecule has 182 valence electrons. The molecule has 1 amide bonds. The van der Waals surface area contributed by atoms with E-state index in [1.54, 1.807) is 5.32 Å². The van der Waals surface area contributed by atoms with Gasteiger partial charge in [-0.05, 0) is 19.3 Å². The van der Waals surface area contributed by atoms with Crippen molar-refractivity contribution >= 4 is 22.0 Å². The van der Waals surface area contributed by atoms with Crippen molar-refractivity contribution in [2.75, 3.05) is 13.2 Å². The zero-order chi connectivity index (χ0) is 24.7. The van der Waals surface area contributed by atoms with Gasteiger partial charge < -0.3 is 14.8 Å². The molecule has 0 radical (unpaired) electrons. The van der Waals surface area contributed by atoms with Gasteiger partial charge in [-0.1, -0.05) is 13.5 Å². The molecular weight excluding hydrogens is 471 g/mol. The summed E-state index contributed by atoms with van der Waals surface area (Å²) >= 11 is 0. The smallest absolute Gasteiger partial charge is 0.412 e. The first-order valence-electron chi connectivity index (χ1n) is 8.46. The van der Waals surface area contributed by atoms with Crippen molar-refractivity contribution in [2.24, 2.45) is 0 Å². The first kappa shape index (κ1) is 29.1. The van der Waals surface area contributed by atoms with E-state index >= 15 is 0 Å². The molecule has 16 heteroatoms. The Morgan fingerprint density at radius 2 is 1.65 bits per heavy atom. The average Bonchev–Trinajstić information content (AvgIpc) is 2.62. The molecule has 1 unspecified atom stereocenters. The molecule has 2 N–H and O–H groups in total. The normalized spacial score (nSPS) is 15.1. The summed E-state index contributed by atoms with van der Waals surface area (Å²) in [5, 5.41) is -4.04. The van der Waals surface area contributed by atoms with Crippen LogP contribution in [-0.4, -0.2) is 61.1 Å². The minimum Gasteiger partial charge on any atom is -0.412 e. The Morgan fingerprint density at radius 3 is 2.06 bits per heavy atom. The van der Waals surface area contributed by atoms with E-state index in [2.05, 4.69) is 16.1 Å². The van der Waals surface area contributed by atoms with Crippen LogP contribution in [0.5, 0.6) is 0 Å². The van der Waals surface area contributed by atoms with E-state index in [0.717, 1.165) is 0 Å². The lowest BCUT2D eigenvalue weighted by atomic mass is 10.1. The second kappa shape index (κ2) is 10.6. The largest absolute Gasteiger partial charge is 0.466 e. The predicted octanol–water partition coefficient (Wildman–Crippen LogP) is 2.80. The van der Waals surface area contributed by atoms with Gasteiger partial charge in [-0.3, -0.25) is 9.35 Å².